The Kier molecular flexibility index (Phi) is 7.63. The van der Waals surface area contributed by atoms with E-state index in [-0.39, 0.29) is 29.8 Å². The van der Waals surface area contributed by atoms with Crippen LogP contribution in [0.3, 0.4) is 0 Å². The molecule has 1 heterocycles. The van der Waals surface area contributed by atoms with Crippen LogP contribution in [0.25, 0.3) is 0 Å². The summed E-state index contributed by atoms with van der Waals surface area (Å²) in [5.74, 6) is -0.279. The van der Waals surface area contributed by atoms with Crippen molar-refractivity contribution in [1.82, 2.24) is 4.90 Å². The third-order valence-corrected chi connectivity index (χ3v) is 4.51. The number of amides is 1. The van der Waals surface area contributed by atoms with E-state index in [4.69, 9.17) is 9.47 Å². The van der Waals surface area contributed by atoms with Crippen molar-refractivity contribution in [1.29, 1.82) is 0 Å². The Morgan fingerprint density at radius 2 is 1.82 bits per heavy atom. The van der Waals surface area contributed by atoms with Crippen molar-refractivity contribution >= 4 is 11.7 Å². The number of aliphatic hydroxyl groups excluding tert-OH is 1. The zero-order valence-electron chi connectivity index (χ0n) is 17.4. The maximum Gasteiger partial charge on any atom is 0.290 e. The molecule has 0 saturated heterocycles. The number of methoxy groups -OCH3 is 1. The van der Waals surface area contributed by atoms with Gasteiger partial charge in [0.15, 0.2) is 11.5 Å². The first-order valence-electron chi connectivity index (χ1n) is 9.79. The van der Waals surface area contributed by atoms with Crippen LogP contribution in [0.5, 0.6) is 5.75 Å². The molecule has 1 aliphatic rings. The highest BCUT2D eigenvalue weighted by atomic mass is 16.5. The average Bonchev–Trinajstić information content (AvgIpc) is 2.86. The second kappa shape index (κ2) is 9.73. The van der Waals surface area contributed by atoms with Crippen LogP contribution in [-0.4, -0.2) is 48.1 Å². The van der Waals surface area contributed by atoms with E-state index in [1.807, 2.05) is 52.0 Å². The molecular weight excluding hydrogens is 358 g/mol. The molecule has 1 amide bonds. The minimum Gasteiger partial charge on any atom is -0.503 e. The monoisotopic (exact) mass is 389 g/mol. The Morgan fingerprint density at radius 3 is 2.36 bits per heavy atom. The molecule has 0 saturated carbocycles. The first-order chi connectivity index (χ1) is 13.3. The molecular formula is C22H31NO5. The molecule has 28 heavy (non-hydrogen) atoms. The van der Waals surface area contributed by atoms with E-state index in [2.05, 4.69) is 0 Å². The summed E-state index contributed by atoms with van der Waals surface area (Å²) in [7, 11) is 1.60. The Bertz CT molecular complexity index is 721. The van der Waals surface area contributed by atoms with Gasteiger partial charge in [-0.2, -0.15) is 0 Å². The number of carbonyl (C=O) groups is 2. The molecule has 0 aromatic heterocycles. The maximum atomic E-state index is 12.8. The SMILES string of the molecule is COCCCN1C(=O)C(O)=C(C(=O)CC(C)C)C1c1ccc(OC(C)C)cc1. The first kappa shape index (κ1) is 22.0. The van der Waals surface area contributed by atoms with Crippen molar-refractivity contribution in [3.05, 3.63) is 41.2 Å². The summed E-state index contributed by atoms with van der Waals surface area (Å²) >= 11 is 0. The molecule has 6 nitrogen and oxygen atoms in total. The van der Waals surface area contributed by atoms with Gasteiger partial charge in [-0.15, -0.1) is 0 Å². The molecule has 1 atom stereocenters. The van der Waals surface area contributed by atoms with Crippen molar-refractivity contribution < 1.29 is 24.2 Å². The Hall–Kier alpha value is -2.34. The van der Waals surface area contributed by atoms with Crippen LogP contribution in [0.1, 0.15) is 52.1 Å². The topological polar surface area (TPSA) is 76.1 Å². The third kappa shape index (κ3) is 5.13. The van der Waals surface area contributed by atoms with Crippen molar-refractivity contribution in [2.75, 3.05) is 20.3 Å². The highest BCUT2D eigenvalue weighted by Gasteiger charge is 2.43. The zero-order valence-corrected chi connectivity index (χ0v) is 17.4. The average molecular weight is 389 g/mol. The molecule has 6 heteroatoms. The molecule has 0 aliphatic carbocycles. The first-order valence-corrected chi connectivity index (χ1v) is 9.79. The molecule has 1 aromatic rings. The fourth-order valence-corrected chi connectivity index (χ4v) is 3.38. The fourth-order valence-electron chi connectivity index (χ4n) is 3.38. The van der Waals surface area contributed by atoms with E-state index >= 15 is 0 Å². The summed E-state index contributed by atoms with van der Waals surface area (Å²) in [6.45, 7) is 8.66. The predicted molar refractivity (Wildman–Crippen MR) is 107 cm³/mol. The Morgan fingerprint density at radius 1 is 1.18 bits per heavy atom. The maximum absolute atomic E-state index is 12.8. The summed E-state index contributed by atoms with van der Waals surface area (Å²) in [5, 5.41) is 10.5. The normalized spacial score (nSPS) is 17.2. The molecule has 1 N–H and O–H groups in total. The van der Waals surface area contributed by atoms with Gasteiger partial charge in [0, 0.05) is 26.7 Å². The predicted octanol–water partition coefficient (Wildman–Crippen LogP) is 3.82. The standard InChI is InChI=1S/C22H31NO5/c1-14(2)13-18(24)19-20(16-7-9-17(10-8-16)28-15(3)4)23(11-6-12-27-5)22(26)21(19)25/h7-10,14-15,20,25H,6,11-13H2,1-5H3. The second-order valence-corrected chi connectivity index (χ2v) is 7.77. The Balaban J connectivity index is 2.38. The van der Waals surface area contributed by atoms with Crippen LogP contribution < -0.4 is 4.74 Å². The van der Waals surface area contributed by atoms with Gasteiger partial charge in [0.1, 0.15) is 5.75 Å². The molecule has 1 aliphatic heterocycles. The van der Waals surface area contributed by atoms with Gasteiger partial charge >= 0.3 is 0 Å². The van der Waals surface area contributed by atoms with Crippen LogP contribution in [0.15, 0.2) is 35.6 Å². The second-order valence-electron chi connectivity index (χ2n) is 7.77. The van der Waals surface area contributed by atoms with Gasteiger partial charge in [-0.05, 0) is 43.9 Å². The summed E-state index contributed by atoms with van der Waals surface area (Å²) in [4.78, 5) is 27.1. The van der Waals surface area contributed by atoms with Crippen molar-refractivity contribution in [2.24, 2.45) is 5.92 Å². The van der Waals surface area contributed by atoms with E-state index in [1.165, 1.54) is 0 Å². The number of ketones is 1. The molecule has 154 valence electrons. The smallest absolute Gasteiger partial charge is 0.290 e. The van der Waals surface area contributed by atoms with E-state index in [1.54, 1.807) is 12.0 Å². The van der Waals surface area contributed by atoms with Crippen LogP contribution in [0.2, 0.25) is 0 Å². The van der Waals surface area contributed by atoms with Gasteiger partial charge in [0.2, 0.25) is 0 Å². The lowest BCUT2D eigenvalue weighted by molar-refractivity contribution is -0.129. The third-order valence-electron chi connectivity index (χ3n) is 4.51. The number of aliphatic hydroxyl groups is 1. The van der Waals surface area contributed by atoms with Crippen molar-refractivity contribution in [3.8, 4) is 5.75 Å². The van der Waals surface area contributed by atoms with Crippen molar-refractivity contribution in [2.45, 2.75) is 52.7 Å². The molecule has 0 fully saturated rings. The van der Waals surface area contributed by atoms with Gasteiger partial charge in [-0.3, -0.25) is 9.59 Å². The summed E-state index contributed by atoms with van der Waals surface area (Å²) < 4.78 is 10.8. The molecule has 0 bridgehead atoms. The fraction of sp³-hybridized carbons (Fsp3) is 0.545. The minimum atomic E-state index is -0.594. The van der Waals surface area contributed by atoms with Crippen LogP contribution in [0.4, 0.5) is 0 Å². The lowest BCUT2D eigenvalue weighted by atomic mass is 9.92. The quantitative estimate of drug-likeness (QED) is 0.616. The highest BCUT2D eigenvalue weighted by molar-refractivity contribution is 6.09. The number of carbonyl (C=O) groups excluding carboxylic acids is 2. The summed E-state index contributed by atoms with van der Waals surface area (Å²) in [5.41, 5.74) is 0.965. The zero-order chi connectivity index (χ0) is 20.8. The lowest BCUT2D eigenvalue weighted by Gasteiger charge is -2.27. The lowest BCUT2D eigenvalue weighted by Crippen LogP contribution is -2.32. The van der Waals surface area contributed by atoms with E-state index < -0.39 is 17.7 Å². The van der Waals surface area contributed by atoms with Crippen LogP contribution in [0, 0.1) is 5.92 Å². The molecule has 1 aromatic carbocycles. The molecule has 1 unspecified atom stereocenters. The van der Waals surface area contributed by atoms with Crippen LogP contribution in [-0.2, 0) is 14.3 Å². The molecule has 0 radical (unpaired) electrons. The van der Waals surface area contributed by atoms with Crippen LogP contribution >= 0.6 is 0 Å². The molecule has 2 rings (SSSR count). The van der Waals surface area contributed by atoms with Gasteiger partial charge in [-0.25, -0.2) is 0 Å². The number of hydrogen-bond donors (Lipinski definition) is 1. The number of nitrogens with zero attached hydrogens (tertiary/aromatic N) is 1. The number of Topliss-reactive ketones (excluding diaryl/α,β-unsaturated/α-hetero) is 1. The number of ether oxygens (including phenoxy) is 2. The summed E-state index contributed by atoms with van der Waals surface area (Å²) in [6.07, 6.45) is 0.951. The van der Waals surface area contributed by atoms with E-state index in [0.717, 1.165) is 11.3 Å². The van der Waals surface area contributed by atoms with E-state index in [9.17, 15) is 14.7 Å². The largest absolute Gasteiger partial charge is 0.503 e. The number of hydrogen-bond acceptors (Lipinski definition) is 5. The van der Waals surface area contributed by atoms with Gasteiger partial charge in [0.25, 0.3) is 5.91 Å². The summed E-state index contributed by atoms with van der Waals surface area (Å²) in [6, 6.07) is 6.75. The Labute approximate surface area is 167 Å². The number of benzene rings is 1. The highest BCUT2D eigenvalue weighted by Crippen LogP contribution is 2.39. The van der Waals surface area contributed by atoms with Crippen molar-refractivity contribution in [3.63, 3.8) is 0 Å². The number of rotatable bonds is 10. The minimum absolute atomic E-state index is 0.0524. The molecule has 0 spiro atoms. The van der Waals surface area contributed by atoms with E-state index in [0.29, 0.717) is 19.6 Å². The van der Waals surface area contributed by atoms with Gasteiger partial charge in [-0.1, -0.05) is 26.0 Å². The van der Waals surface area contributed by atoms with Gasteiger partial charge in [0.05, 0.1) is 17.7 Å². The van der Waals surface area contributed by atoms with Gasteiger partial charge < -0.3 is 19.5 Å².